The number of aromatic amines is 1. The number of H-pyrrole nitrogens is 1. The van der Waals surface area contributed by atoms with Gasteiger partial charge in [0.2, 0.25) is 10.9 Å². The number of furan rings is 1. The number of sulfonamides is 1. The molecule has 0 aliphatic rings. The minimum atomic E-state index is -4.07. The van der Waals surface area contributed by atoms with Crippen LogP contribution in [0.5, 0.6) is 0 Å². The molecule has 0 aliphatic carbocycles. The van der Waals surface area contributed by atoms with Gasteiger partial charge in [0.25, 0.3) is 10.0 Å². The summed E-state index contributed by atoms with van der Waals surface area (Å²) in [6, 6.07) is 8.48. The molecule has 0 saturated heterocycles. The average molecular weight is 390 g/mol. The van der Waals surface area contributed by atoms with Gasteiger partial charge in [-0.15, -0.1) is 0 Å². The number of anilines is 1. The Morgan fingerprint density at radius 3 is 2.67 bits per heavy atom. The number of aromatic nitrogens is 1. The number of nitrogens with one attached hydrogen (secondary N) is 2. The Morgan fingerprint density at radius 1 is 1.19 bits per heavy atom. The van der Waals surface area contributed by atoms with Crippen molar-refractivity contribution in [1.29, 1.82) is 0 Å². The molecule has 0 radical (unpaired) electrons. The van der Waals surface area contributed by atoms with E-state index in [2.05, 4.69) is 9.71 Å². The first-order valence-corrected chi connectivity index (χ1v) is 9.78. The van der Waals surface area contributed by atoms with Crippen molar-refractivity contribution in [3.8, 4) is 0 Å². The second kappa shape index (κ2) is 7.28. The molecule has 0 spiro atoms. The minimum absolute atomic E-state index is 0.144. The third kappa shape index (κ3) is 3.87. The summed E-state index contributed by atoms with van der Waals surface area (Å²) in [7, 11) is -4.07. The molecule has 2 heterocycles. The molecule has 0 bridgehead atoms. The van der Waals surface area contributed by atoms with Crippen molar-refractivity contribution in [3.05, 3.63) is 58.1 Å². The smallest absolute Gasteiger partial charge is 0.374 e. The summed E-state index contributed by atoms with van der Waals surface area (Å²) in [4.78, 5) is 26.9. The largest absolute Gasteiger partial charge is 0.460 e. The van der Waals surface area contributed by atoms with Crippen LogP contribution < -0.4 is 10.2 Å². The first-order chi connectivity index (χ1) is 12.8. The lowest BCUT2D eigenvalue weighted by Gasteiger charge is -2.08. The van der Waals surface area contributed by atoms with Gasteiger partial charge < -0.3 is 14.1 Å². The second-order valence-electron chi connectivity index (χ2n) is 5.72. The van der Waals surface area contributed by atoms with Crippen molar-refractivity contribution in [2.24, 2.45) is 0 Å². The van der Waals surface area contributed by atoms with E-state index in [-0.39, 0.29) is 23.5 Å². The standard InChI is InChI=1S/C18H18N2O6S/c1-3-11-10-15(21)13-9-12(5-6-14(13)19-11)20-27(23,24)17-8-7-16(26-17)18(22)25-4-2/h5-10,20H,3-4H2,1-2H3,(H,19,21). The van der Waals surface area contributed by atoms with Crippen molar-refractivity contribution >= 4 is 32.6 Å². The minimum Gasteiger partial charge on any atom is -0.460 e. The molecule has 0 atom stereocenters. The van der Waals surface area contributed by atoms with Gasteiger partial charge >= 0.3 is 5.97 Å². The monoisotopic (exact) mass is 390 g/mol. The molecular formula is C18H18N2O6S. The van der Waals surface area contributed by atoms with Crippen molar-refractivity contribution in [2.45, 2.75) is 25.4 Å². The molecule has 8 nitrogen and oxygen atoms in total. The summed E-state index contributed by atoms with van der Waals surface area (Å²) >= 11 is 0. The molecule has 2 N–H and O–H groups in total. The molecular weight excluding hydrogens is 372 g/mol. The van der Waals surface area contributed by atoms with Crippen molar-refractivity contribution < 1.29 is 22.4 Å². The first kappa shape index (κ1) is 18.7. The third-order valence-corrected chi connectivity index (χ3v) is 5.10. The van der Waals surface area contributed by atoms with E-state index in [1.807, 2.05) is 6.92 Å². The average Bonchev–Trinajstić information content (AvgIpc) is 3.13. The summed E-state index contributed by atoms with van der Waals surface area (Å²) in [5.74, 6) is -0.956. The summed E-state index contributed by atoms with van der Waals surface area (Å²) < 4.78 is 37.1. The van der Waals surface area contributed by atoms with E-state index in [1.54, 1.807) is 13.0 Å². The molecule has 9 heteroatoms. The maximum Gasteiger partial charge on any atom is 0.374 e. The quantitative estimate of drug-likeness (QED) is 0.625. The Balaban J connectivity index is 1.91. The predicted molar refractivity (Wildman–Crippen MR) is 99.4 cm³/mol. The lowest BCUT2D eigenvalue weighted by Crippen LogP contribution is -2.13. The third-order valence-electron chi connectivity index (χ3n) is 3.84. The van der Waals surface area contributed by atoms with Crippen LogP contribution in [-0.4, -0.2) is 26.0 Å². The second-order valence-corrected chi connectivity index (χ2v) is 7.33. The fourth-order valence-corrected chi connectivity index (χ4v) is 3.52. The van der Waals surface area contributed by atoms with E-state index in [0.717, 1.165) is 11.8 Å². The number of carbonyl (C=O) groups excluding carboxylic acids is 1. The molecule has 3 rings (SSSR count). The predicted octanol–water partition coefficient (Wildman–Crippen LogP) is 2.66. The molecule has 0 amide bonds. The van der Waals surface area contributed by atoms with Crippen molar-refractivity contribution in [3.63, 3.8) is 0 Å². The van der Waals surface area contributed by atoms with Gasteiger partial charge in [-0.1, -0.05) is 6.92 Å². The van der Waals surface area contributed by atoms with Crippen LogP contribution in [0.25, 0.3) is 10.9 Å². The Morgan fingerprint density at radius 2 is 1.96 bits per heavy atom. The van der Waals surface area contributed by atoms with E-state index >= 15 is 0 Å². The number of carbonyl (C=O) groups is 1. The number of pyridine rings is 1. The Bertz CT molecular complexity index is 1160. The molecule has 142 valence electrons. The van der Waals surface area contributed by atoms with Crippen LogP contribution in [0.4, 0.5) is 5.69 Å². The zero-order valence-corrected chi connectivity index (χ0v) is 15.6. The van der Waals surface area contributed by atoms with Crippen LogP contribution in [0.2, 0.25) is 0 Å². The van der Waals surface area contributed by atoms with E-state index in [0.29, 0.717) is 17.3 Å². The zero-order chi connectivity index (χ0) is 19.6. The van der Waals surface area contributed by atoms with Gasteiger partial charge in [0, 0.05) is 28.4 Å². The summed E-state index contributed by atoms with van der Waals surface area (Å²) in [5, 5.41) is -0.0695. The maximum absolute atomic E-state index is 12.5. The number of aryl methyl sites for hydroxylation is 1. The van der Waals surface area contributed by atoms with Gasteiger partial charge in [0.15, 0.2) is 5.43 Å². The Hall–Kier alpha value is -3.07. The first-order valence-electron chi connectivity index (χ1n) is 8.29. The Labute approximate surface area is 155 Å². The van der Waals surface area contributed by atoms with Crippen LogP contribution in [0.1, 0.15) is 30.1 Å². The SMILES string of the molecule is CCOC(=O)c1ccc(S(=O)(=O)Nc2ccc3[nH]c(CC)cc(=O)c3c2)o1. The van der Waals surface area contributed by atoms with Crippen LogP contribution in [0.3, 0.4) is 0 Å². The van der Waals surface area contributed by atoms with E-state index in [9.17, 15) is 18.0 Å². The molecule has 0 saturated carbocycles. The van der Waals surface area contributed by atoms with Gasteiger partial charge in [-0.25, -0.2) is 4.79 Å². The fourth-order valence-electron chi connectivity index (χ4n) is 2.54. The van der Waals surface area contributed by atoms with Gasteiger partial charge in [-0.2, -0.15) is 8.42 Å². The zero-order valence-electron chi connectivity index (χ0n) is 14.7. The highest BCUT2D eigenvalue weighted by Crippen LogP contribution is 2.21. The molecule has 0 fully saturated rings. The fraction of sp³-hybridized carbons (Fsp3) is 0.222. The van der Waals surface area contributed by atoms with Crippen LogP contribution >= 0.6 is 0 Å². The van der Waals surface area contributed by atoms with E-state index in [1.165, 1.54) is 24.3 Å². The topological polar surface area (TPSA) is 118 Å². The molecule has 0 aliphatic heterocycles. The molecule has 0 unspecified atom stereocenters. The highest BCUT2D eigenvalue weighted by Gasteiger charge is 2.22. The lowest BCUT2D eigenvalue weighted by molar-refractivity contribution is 0.0484. The lowest BCUT2D eigenvalue weighted by atomic mass is 10.1. The normalized spacial score (nSPS) is 11.5. The van der Waals surface area contributed by atoms with Gasteiger partial charge in [0.1, 0.15) is 0 Å². The van der Waals surface area contributed by atoms with Crippen molar-refractivity contribution in [2.75, 3.05) is 11.3 Å². The van der Waals surface area contributed by atoms with E-state index in [4.69, 9.17) is 9.15 Å². The molecule has 2 aromatic heterocycles. The highest BCUT2D eigenvalue weighted by atomic mass is 32.2. The highest BCUT2D eigenvalue weighted by molar-refractivity contribution is 7.92. The number of hydrogen-bond acceptors (Lipinski definition) is 6. The van der Waals surface area contributed by atoms with Crippen LogP contribution in [0, 0.1) is 0 Å². The number of benzene rings is 1. The van der Waals surface area contributed by atoms with Crippen LogP contribution in [0.15, 0.2) is 50.7 Å². The van der Waals surface area contributed by atoms with Gasteiger partial charge in [-0.05, 0) is 43.7 Å². The molecule has 3 aromatic rings. The number of ether oxygens (including phenoxy) is 1. The van der Waals surface area contributed by atoms with Gasteiger partial charge in [-0.3, -0.25) is 9.52 Å². The number of rotatable bonds is 6. The molecule has 27 heavy (non-hydrogen) atoms. The summed E-state index contributed by atoms with van der Waals surface area (Å²) in [5.41, 5.74) is 1.41. The van der Waals surface area contributed by atoms with Crippen LogP contribution in [-0.2, 0) is 21.2 Å². The maximum atomic E-state index is 12.5. The molecule has 1 aromatic carbocycles. The summed E-state index contributed by atoms with van der Waals surface area (Å²) in [6.07, 6.45) is 0.681. The number of hydrogen-bond donors (Lipinski definition) is 2. The summed E-state index contributed by atoms with van der Waals surface area (Å²) in [6.45, 7) is 3.70. The van der Waals surface area contributed by atoms with E-state index < -0.39 is 21.1 Å². The van der Waals surface area contributed by atoms with Crippen molar-refractivity contribution in [1.82, 2.24) is 4.98 Å². The van der Waals surface area contributed by atoms with Gasteiger partial charge in [0.05, 0.1) is 6.61 Å². The number of esters is 1. The Kier molecular flexibility index (Phi) is 5.04. The number of fused-ring (bicyclic) bond motifs is 1.